The molecule has 1 unspecified atom stereocenters. The summed E-state index contributed by atoms with van der Waals surface area (Å²) in [6, 6.07) is 7.63. The van der Waals surface area contributed by atoms with Crippen molar-refractivity contribution in [2.75, 3.05) is 12.3 Å². The van der Waals surface area contributed by atoms with Gasteiger partial charge in [-0.05, 0) is 55.2 Å². The number of nitrogens with two attached hydrogens (primary N) is 1. The van der Waals surface area contributed by atoms with Crippen molar-refractivity contribution < 1.29 is 4.74 Å². The Balaban J connectivity index is 2.33. The second-order valence-corrected chi connectivity index (χ2v) is 5.34. The van der Waals surface area contributed by atoms with Gasteiger partial charge in [-0.25, -0.2) is 0 Å². The Labute approximate surface area is 120 Å². The average Bonchev–Trinajstić information content (AvgIpc) is 2.47. The molecular weight excluding hydrogens is 248 g/mol. The van der Waals surface area contributed by atoms with Gasteiger partial charge in [0.2, 0.25) is 0 Å². The first-order chi connectivity index (χ1) is 9.52. The van der Waals surface area contributed by atoms with E-state index in [2.05, 4.69) is 13.8 Å². The summed E-state index contributed by atoms with van der Waals surface area (Å²) in [5.74, 6) is 1.08. The molecule has 0 saturated heterocycles. The average molecular weight is 270 g/mol. The zero-order valence-corrected chi connectivity index (χ0v) is 12.4. The lowest BCUT2D eigenvalue weighted by Gasteiger charge is -2.22. The Morgan fingerprint density at radius 1 is 1.35 bits per heavy atom. The predicted octanol–water partition coefficient (Wildman–Crippen LogP) is 4.02. The van der Waals surface area contributed by atoms with E-state index in [1.807, 2.05) is 37.3 Å². The molecule has 3 heteroatoms. The van der Waals surface area contributed by atoms with Crippen molar-refractivity contribution in [1.29, 1.82) is 5.41 Å². The summed E-state index contributed by atoms with van der Waals surface area (Å²) < 4.78 is 5.78. The van der Waals surface area contributed by atoms with Crippen LogP contribution in [0.1, 0.15) is 32.8 Å². The van der Waals surface area contributed by atoms with Crippen molar-refractivity contribution in [1.82, 2.24) is 0 Å². The first-order valence-corrected chi connectivity index (χ1v) is 7.02. The fraction of sp³-hybridized carbons (Fsp3) is 0.353. The first-order valence-electron chi connectivity index (χ1n) is 7.02. The number of hydrogen-bond acceptors (Lipinski definition) is 3. The highest BCUT2D eigenvalue weighted by atomic mass is 16.5. The van der Waals surface area contributed by atoms with Crippen molar-refractivity contribution in [2.45, 2.75) is 27.2 Å². The van der Waals surface area contributed by atoms with Crippen molar-refractivity contribution >= 4 is 17.2 Å². The summed E-state index contributed by atoms with van der Waals surface area (Å²) >= 11 is 0. The molecule has 3 N–H and O–H groups in total. The van der Waals surface area contributed by atoms with Crippen LogP contribution in [0.4, 0.5) is 5.69 Å². The van der Waals surface area contributed by atoms with Gasteiger partial charge in [0.05, 0.1) is 0 Å². The molecule has 0 fully saturated rings. The van der Waals surface area contributed by atoms with Gasteiger partial charge in [-0.1, -0.05) is 13.8 Å². The van der Waals surface area contributed by atoms with Crippen molar-refractivity contribution in [3.05, 3.63) is 47.1 Å². The third kappa shape index (κ3) is 2.93. The SMILES string of the molecule is CCC(C)C(=N)C1=C(C)COC(c2ccc(N)cc2)=C1. The van der Waals surface area contributed by atoms with Crippen LogP contribution in [0.3, 0.4) is 0 Å². The van der Waals surface area contributed by atoms with Crippen LogP contribution in [0, 0.1) is 11.3 Å². The molecule has 1 aliphatic heterocycles. The summed E-state index contributed by atoms with van der Waals surface area (Å²) in [5, 5.41) is 8.33. The van der Waals surface area contributed by atoms with Gasteiger partial charge in [-0.3, -0.25) is 0 Å². The van der Waals surface area contributed by atoms with Gasteiger partial charge in [-0.15, -0.1) is 0 Å². The molecule has 0 radical (unpaired) electrons. The normalized spacial score (nSPS) is 16.4. The van der Waals surface area contributed by atoms with Crippen LogP contribution in [-0.2, 0) is 4.74 Å². The smallest absolute Gasteiger partial charge is 0.127 e. The number of anilines is 1. The van der Waals surface area contributed by atoms with E-state index >= 15 is 0 Å². The minimum Gasteiger partial charge on any atom is -0.489 e. The standard InChI is InChI=1S/C17H22N2O/c1-4-11(2)17(19)15-9-16(20-10-12(15)3)13-5-7-14(18)8-6-13/h5-9,11,19H,4,10,18H2,1-3H3. The minimum atomic E-state index is 0.266. The quantitative estimate of drug-likeness (QED) is 0.641. The van der Waals surface area contributed by atoms with Crippen molar-refractivity contribution in [3.63, 3.8) is 0 Å². The highest BCUT2D eigenvalue weighted by Gasteiger charge is 2.19. The van der Waals surface area contributed by atoms with Crippen LogP contribution in [0.25, 0.3) is 5.76 Å². The summed E-state index contributed by atoms with van der Waals surface area (Å²) in [4.78, 5) is 0. The topological polar surface area (TPSA) is 59.1 Å². The molecule has 3 nitrogen and oxygen atoms in total. The van der Waals surface area contributed by atoms with Crippen molar-refractivity contribution in [2.24, 2.45) is 5.92 Å². The maximum Gasteiger partial charge on any atom is 0.127 e. The molecule has 106 valence electrons. The number of nitrogen functional groups attached to an aromatic ring is 1. The molecule has 1 aliphatic rings. The Morgan fingerprint density at radius 2 is 2.00 bits per heavy atom. The Kier molecular flexibility index (Phi) is 4.28. The van der Waals surface area contributed by atoms with E-state index in [9.17, 15) is 0 Å². The fourth-order valence-corrected chi connectivity index (χ4v) is 2.15. The lowest BCUT2D eigenvalue weighted by Crippen LogP contribution is -2.16. The molecule has 1 atom stereocenters. The zero-order valence-electron chi connectivity index (χ0n) is 12.4. The molecule has 0 spiro atoms. The molecule has 0 saturated carbocycles. The zero-order chi connectivity index (χ0) is 14.7. The van der Waals surface area contributed by atoms with Gasteiger partial charge in [-0.2, -0.15) is 0 Å². The number of ether oxygens (including phenoxy) is 1. The molecule has 0 bridgehead atoms. The van der Waals surface area contributed by atoms with Gasteiger partial charge >= 0.3 is 0 Å². The second-order valence-electron chi connectivity index (χ2n) is 5.34. The van der Waals surface area contributed by atoms with Gasteiger partial charge in [0.25, 0.3) is 0 Å². The van der Waals surface area contributed by atoms with Gasteiger partial charge < -0.3 is 15.9 Å². The van der Waals surface area contributed by atoms with Crippen LogP contribution in [-0.4, -0.2) is 12.3 Å². The highest BCUT2D eigenvalue weighted by molar-refractivity contribution is 6.04. The summed E-state index contributed by atoms with van der Waals surface area (Å²) in [6.45, 7) is 6.78. The number of benzene rings is 1. The second kappa shape index (κ2) is 5.95. The van der Waals surface area contributed by atoms with Gasteiger partial charge in [0.1, 0.15) is 12.4 Å². The summed E-state index contributed by atoms with van der Waals surface area (Å²) in [6.07, 6.45) is 2.96. The number of hydrogen-bond donors (Lipinski definition) is 2. The monoisotopic (exact) mass is 270 g/mol. The molecule has 0 aliphatic carbocycles. The van der Waals surface area contributed by atoms with E-state index in [1.54, 1.807) is 0 Å². The molecule has 0 aromatic heterocycles. The van der Waals surface area contributed by atoms with Crippen LogP contribution in [0.2, 0.25) is 0 Å². The third-order valence-corrected chi connectivity index (χ3v) is 3.77. The maximum absolute atomic E-state index is 8.33. The number of rotatable bonds is 4. The summed E-state index contributed by atoms with van der Waals surface area (Å²) in [7, 11) is 0. The molecular formula is C17H22N2O. The summed E-state index contributed by atoms with van der Waals surface area (Å²) in [5.41, 5.74) is 10.3. The first kappa shape index (κ1) is 14.4. The van der Waals surface area contributed by atoms with Crippen LogP contribution < -0.4 is 5.73 Å². The fourth-order valence-electron chi connectivity index (χ4n) is 2.15. The number of allylic oxidation sites excluding steroid dienone is 2. The number of nitrogens with one attached hydrogen (secondary N) is 1. The lowest BCUT2D eigenvalue weighted by molar-refractivity contribution is 0.304. The largest absolute Gasteiger partial charge is 0.489 e. The molecule has 1 heterocycles. The van der Waals surface area contributed by atoms with E-state index in [4.69, 9.17) is 15.9 Å². The predicted molar refractivity (Wildman–Crippen MR) is 84.7 cm³/mol. The molecule has 20 heavy (non-hydrogen) atoms. The lowest BCUT2D eigenvalue weighted by atomic mass is 9.91. The van der Waals surface area contributed by atoms with E-state index in [1.165, 1.54) is 0 Å². The van der Waals surface area contributed by atoms with Crippen LogP contribution >= 0.6 is 0 Å². The Morgan fingerprint density at radius 3 is 2.60 bits per heavy atom. The molecule has 2 rings (SSSR count). The van der Waals surface area contributed by atoms with Crippen LogP contribution in [0.5, 0.6) is 0 Å². The van der Waals surface area contributed by atoms with Crippen LogP contribution in [0.15, 0.2) is 41.5 Å². The van der Waals surface area contributed by atoms with Crippen molar-refractivity contribution in [3.8, 4) is 0 Å². The highest BCUT2D eigenvalue weighted by Crippen LogP contribution is 2.28. The van der Waals surface area contributed by atoms with Gasteiger partial charge in [0, 0.05) is 22.5 Å². The molecule has 0 amide bonds. The molecule has 1 aromatic carbocycles. The van der Waals surface area contributed by atoms with E-state index in [0.717, 1.165) is 34.6 Å². The Bertz CT molecular complexity index is 567. The molecule has 1 aromatic rings. The minimum absolute atomic E-state index is 0.266. The van der Waals surface area contributed by atoms with Gasteiger partial charge in [0.15, 0.2) is 0 Å². The third-order valence-electron chi connectivity index (χ3n) is 3.77. The van der Waals surface area contributed by atoms with E-state index in [0.29, 0.717) is 12.3 Å². The van der Waals surface area contributed by atoms with E-state index < -0.39 is 0 Å². The Hall–Kier alpha value is -2.03. The van der Waals surface area contributed by atoms with E-state index in [-0.39, 0.29) is 5.92 Å². The maximum atomic E-state index is 8.33.